The van der Waals surface area contributed by atoms with Gasteiger partial charge in [-0.1, -0.05) is 42.0 Å². The third-order valence-electron chi connectivity index (χ3n) is 4.01. The summed E-state index contributed by atoms with van der Waals surface area (Å²) < 4.78 is 5.77. The molecule has 2 aromatic rings. The third-order valence-corrected chi connectivity index (χ3v) is 4.01. The molecule has 1 N–H and O–H groups in total. The molecule has 0 aromatic heterocycles. The molecule has 0 fully saturated rings. The first-order valence-corrected chi connectivity index (χ1v) is 7.92. The van der Waals surface area contributed by atoms with Gasteiger partial charge in [-0.2, -0.15) is 0 Å². The minimum Gasteiger partial charge on any atom is -0.494 e. The van der Waals surface area contributed by atoms with Gasteiger partial charge in [0.15, 0.2) is 0 Å². The van der Waals surface area contributed by atoms with Gasteiger partial charge in [0.25, 0.3) is 0 Å². The van der Waals surface area contributed by atoms with Crippen LogP contribution in [0.15, 0.2) is 48.5 Å². The highest BCUT2D eigenvalue weighted by Gasteiger charge is 2.26. The van der Waals surface area contributed by atoms with Gasteiger partial charge in [0.2, 0.25) is 0 Å². The zero-order valence-corrected chi connectivity index (χ0v) is 14.0. The number of carboxylic acid groups (broad SMARTS) is 1. The van der Waals surface area contributed by atoms with Crippen LogP contribution < -0.4 is 4.74 Å². The van der Waals surface area contributed by atoms with Crippen molar-refractivity contribution in [1.82, 2.24) is 0 Å². The largest absolute Gasteiger partial charge is 0.494 e. The maximum absolute atomic E-state index is 11.1. The zero-order valence-electron chi connectivity index (χ0n) is 14.0. The molecule has 0 radical (unpaired) electrons. The Hall–Kier alpha value is -2.29. The number of hydrogen-bond acceptors (Lipinski definition) is 2. The summed E-state index contributed by atoms with van der Waals surface area (Å²) in [5.41, 5.74) is 2.82. The molecule has 3 heteroatoms. The summed E-state index contributed by atoms with van der Waals surface area (Å²) in [6.07, 6.45) is 1.31. The molecule has 3 nitrogen and oxygen atoms in total. The van der Waals surface area contributed by atoms with E-state index in [0.717, 1.165) is 16.9 Å². The van der Waals surface area contributed by atoms with E-state index in [1.54, 1.807) is 13.8 Å². The SMILES string of the molecule is Cc1ccc(-c2cccc(OCCCC(C)(C)C(=O)O)c2)cc1. The van der Waals surface area contributed by atoms with E-state index in [9.17, 15) is 4.79 Å². The fraction of sp³-hybridized carbons (Fsp3) is 0.350. The standard InChI is InChI=1S/C20H24O3/c1-15-8-10-16(11-9-15)17-6-4-7-18(14-17)23-13-5-12-20(2,3)19(21)22/h4,6-11,14H,5,12-13H2,1-3H3,(H,21,22). The number of hydrogen-bond donors (Lipinski definition) is 1. The van der Waals surface area contributed by atoms with Crippen LogP contribution in [0.3, 0.4) is 0 Å². The maximum atomic E-state index is 11.1. The van der Waals surface area contributed by atoms with E-state index in [4.69, 9.17) is 9.84 Å². The van der Waals surface area contributed by atoms with Crippen LogP contribution in [0.5, 0.6) is 5.75 Å². The third kappa shape index (κ3) is 4.85. The van der Waals surface area contributed by atoms with Crippen molar-refractivity contribution in [3.05, 3.63) is 54.1 Å². The lowest BCUT2D eigenvalue weighted by atomic mass is 9.88. The van der Waals surface area contributed by atoms with Crippen molar-refractivity contribution in [1.29, 1.82) is 0 Å². The van der Waals surface area contributed by atoms with Crippen LogP contribution >= 0.6 is 0 Å². The minimum absolute atomic E-state index is 0.522. The zero-order chi connectivity index (χ0) is 16.9. The molecule has 0 saturated carbocycles. The van der Waals surface area contributed by atoms with E-state index in [2.05, 4.69) is 37.3 Å². The van der Waals surface area contributed by atoms with Crippen molar-refractivity contribution in [2.45, 2.75) is 33.6 Å². The Morgan fingerprint density at radius 3 is 2.43 bits per heavy atom. The van der Waals surface area contributed by atoms with Crippen molar-refractivity contribution in [2.75, 3.05) is 6.61 Å². The monoisotopic (exact) mass is 312 g/mol. The molecule has 0 aliphatic carbocycles. The Balaban J connectivity index is 1.93. The van der Waals surface area contributed by atoms with E-state index in [1.807, 2.05) is 18.2 Å². The number of aryl methyl sites for hydroxylation is 1. The Kier molecular flexibility index (Phi) is 5.43. The predicted molar refractivity (Wildman–Crippen MR) is 92.8 cm³/mol. The Labute approximate surface area is 137 Å². The smallest absolute Gasteiger partial charge is 0.309 e. The van der Waals surface area contributed by atoms with Gasteiger partial charge in [0, 0.05) is 0 Å². The number of aliphatic carboxylic acids is 1. The summed E-state index contributed by atoms with van der Waals surface area (Å²) in [6.45, 7) is 6.08. The molecule has 0 aliphatic rings. The van der Waals surface area contributed by atoms with E-state index >= 15 is 0 Å². The topological polar surface area (TPSA) is 46.5 Å². The second-order valence-corrected chi connectivity index (χ2v) is 6.53. The number of rotatable bonds is 7. The fourth-order valence-corrected chi connectivity index (χ4v) is 2.32. The number of benzene rings is 2. The second kappa shape index (κ2) is 7.32. The number of carbonyl (C=O) groups is 1. The lowest BCUT2D eigenvalue weighted by molar-refractivity contribution is -0.147. The first kappa shape index (κ1) is 17.1. The van der Waals surface area contributed by atoms with Crippen LogP contribution in [0.1, 0.15) is 32.3 Å². The lowest BCUT2D eigenvalue weighted by Crippen LogP contribution is -2.24. The molecule has 0 spiro atoms. The molecule has 2 aromatic carbocycles. The molecule has 2 rings (SSSR count). The average Bonchev–Trinajstić information content (AvgIpc) is 2.52. The summed E-state index contributed by atoms with van der Waals surface area (Å²) in [4.78, 5) is 11.1. The molecule has 23 heavy (non-hydrogen) atoms. The predicted octanol–water partition coefficient (Wildman–Crippen LogP) is 4.93. The summed E-state index contributed by atoms with van der Waals surface area (Å²) in [7, 11) is 0. The van der Waals surface area contributed by atoms with Gasteiger partial charge in [0.1, 0.15) is 5.75 Å². The molecule has 0 aliphatic heterocycles. The summed E-state index contributed by atoms with van der Waals surface area (Å²) >= 11 is 0. The highest BCUT2D eigenvalue weighted by Crippen LogP contribution is 2.25. The Morgan fingerprint density at radius 2 is 1.78 bits per heavy atom. The van der Waals surface area contributed by atoms with Gasteiger partial charge in [0.05, 0.1) is 12.0 Å². The van der Waals surface area contributed by atoms with Gasteiger partial charge < -0.3 is 9.84 Å². The van der Waals surface area contributed by atoms with Gasteiger partial charge in [-0.3, -0.25) is 4.79 Å². The van der Waals surface area contributed by atoms with Gasteiger partial charge in [-0.25, -0.2) is 0 Å². The molecular weight excluding hydrogens is 288 g/mol. The fourth-order valence-electron chi connectivity index (χ4n) is 2.32. The molecule has 0 bridgehead atoms. The molecule has 0 amide bonds. The first-order chi connectivity index (χ1) is 10.9. The van der Waals surface area contributed by atoms with Crippen LogP contribution in [-0.2, 0) is 4.79 Å². The maximum Gasteiger partial charge on any atom is 0.309 e. The van der Waals surface area contributed by atoms with Crippen molar-refractivity contribution in [3.8, 4) is 16.9 Å². The molecular formula is C20H24O3. The van der Waals surface area contributed by atoms with E-state index in [0.29, 0.717) is 19.4 Å². The minimum atomic E-state index is -0.765. The van der Waals surface area contributed by atoms with Crippen LogP contribution in [0.4, 0.5) is 0 Å². The van der Waals surface area contributed by atoms with Gasteiger partial charge >= 0.3 is 5.97 Å². The first-order valence-electron chi connectivity index (χ1n) is 7.92. The average molecular weight is 312 g/mol. The molecule has 0 unspecified atom stereocenters. The van der Waals surface area contributed by atoms with Gasteiger partial charge in [-0.15, -0.1) is 0 Å². The molecule has 122 valence electrons. The van der Waals surface area contributed by atoms with Gasteiger partial charge in [-0.05, 0) is 56.9 Å². The van der Waals surface area contributed by atoms with Crippen molar-refractivity contribution < 1.29 is 14.6 Å². The van der Waals surface area contributed by atoms with Crippen LogP contribution in [0, 0.1) is 12.3 Å². The van der Waals surface area contributed by atoms with E-state index in [-0.39, 0.29) is 0 Å². The van der Waals surface area contributed by atoms with Crippen LogP contribution in [0.25, 0.3) is 11.1 Å². The van der Waals surface area contributed by atoms with Crippen molar-refractivity contribution >= 4 is 5.97 Å². The highest BCUT2D eigenvalue weighted by atomic mass is 16.5. The lowest BCUT2D eigenvalue weighted by Gasteiger charge is -2.18. The Bertz CT molecular complexity index is 657. The molecule has 0 atom stereocenters. The number of carboxylic acids is 1. The molecule has 0 heterocycles. The quantitative estimate of drug-likeness (QED) is 0.737. The van der Waals surface area contributed by atoms with Crippen molar-refractivity contribution in [3.63, 3.8) is 0 Å². The van der Waals surface area contributed by atoms with Crippen LogP contribution in [-0.4, -0.2) is 17.7 Å². The summed E-state index contributed by atoms with van der Waals surface area (Å²) in [5, 5.41) is 9.10. The normalized spacial score (nSPS) is 11.3. The molecule has 0 saturated heterocycles. The summed E-state index contributed by atoms with van der Waals surface area (Å²) in [6, 6.07) is 16.4. The number of ether oxygens (including phenoxy) is 1. The van der Waals surface area contributed by atoms with Crippen molar-refractivity contribution in [2.24, 2.45) is 5.41 Å². The van der Waals surface area contributed by atoms with E-state index < -0.39 is 11.4 Å². The highest BCUT2D eigenvalue weighted by molar-refractivity contribution is 5.73. The summed E-state index contributed by atoms with van der Waals surface area (Å²) in [5.74, 6) is 0.0510. The second-order valence-electron chi connectivity index (χ2n) is 6.53. The van der Waals surface area contributed by atoms with E-state index in [1.165, 1.54) is 5.56 Å². The Morgan fingerprint density at radius 1 is 1.09 bits per heavy atom. The van der Waals surface area contributed by atoms with Crippen LogP contribution in [0.2, 0.25) is 0 Å².